The highest BCUT2D eigenvalue weighted by molar-refractivity contribution is 7.98. The van der Waals surface area contributed by atoms with Gasteiger partial charge in [0.2, 0.25) is 5.91 Å². The zero-order valence-corrected chi connectivity index (χ0v) is 18.6. The van der Waals surface area contributed by atoms with Gasteiger partial charge < -0.3 is 15.4 Å². The van der Waals surface area contributed by atoms with Crippen molar-refractivity contribution in [2.45, 2.75) is 24.6 Å². The maximum atomic E-state index is 12.8. The van der Waals surface area contributed by atoms with Crippen LogP contribution in [-0.4, -0.2) is 33.6 Å². The number of nitrogens with zero attached hydrogens (tertiary/aromatic N) is 3. The van der Waals surface area contributed by atoms with Crippen molar-refractivity contribution in [2.24, 2.45) is 0 Å². The maximum Gasteiger partial charge on any atom is 0.269 e. The molecule has 1 aliphatic rings. The van der Waals surface area contributed by atoms with Crippen LogP contribution in [0.1, 0.15) is 27.2 Å². The van der Waals surface area contributed by atoms with Crippen molar-refractivity contribution in [3.05, 3.63) is 81.0 Å². The van der Waals surface area contributed by atoms with Crippen molar-refractivity contribution in [1.82, 2.24) is 15.1 Å². The second kappa shape index (κ2) is 9.74. The molecule has 0 bridgehead atoms. The number of non-ortho nitro benzene ring substituents is 1. The second-order valence-electron chi connectivity index (χ2n) is 7.31. The number of hydrogen-bond donors (Lipinski definition) is 2. The summed E-state index contributed by atoms with van der Waals surface area (Å²) >= 11 is 1.68. The largest absolute Gasteiger partial charge is 0.497 e. The Hall–Kier alpha value is -3.86. The minimum Gasteiger partial charge on any atom is -0.497 e. The van der Waals surface area contributed by atoms with Gasteiger partial charge in [0.1, 0.15) is 18.1 Å². The van der Waals surface area contributed by atoms with Crippen LogP contribution in [0.25, 0.3) is 0 Å². The Morgan fingerprint density at radius 3 is 2.55 bits per heavy atom. The number of nitrogens with one attached hydrogen (secondary N) is 2. The average molecular weight is 468 g/mol. The van der Waals surface area contributed by atoms with Crippen LogP contribution in [0.2, 0.25) is 0 Å². The van der Waals surface area contributed by atoms with E-state index in [0.717, 1.165) is 22.6 Å². The van der Waals surface area contributed by atoms with Gasteiger partial charge in [0, 0.05) is 41.3 Å². The van der Waals surface area contributed by atoms with E-state index < -0.39 is 10.8 Å². The van der Waals surface area contributed by atoms with Gasteiger partial charge in [0.15, 0.2) is 0 Å². The molecule has 11 heteroatoms. The Kier molecular flexibility index (Phi) is 6.59. The number of carbonyl (C=O) groups excluding carboxylic acids is 2. The molecule has 1 aromatic heterocycles. The first-order valence-electron chi connectivity index (χ1n) is 10.1. The fourth-order valence-electron chi connectivity index (χ4n) is 3.37. The average Bonchev–Trinajstić information content (AvgIpc) is 3.40. The smallest absolute Gasteiger partial charge is 0.269 e. The molecule has 2 amide bonds. The zero-order valence-electron chi connectivity index (χ0n) is 17.7. The van der Waals surface area contributed by atoms with Crippen LogP contribution in [0, 0.1) is 10.1 Å². The van der Waals surface area contributed by atoms with E-state index in [9.17, 15) is 19.7 Å². The third kappa shape index (κ3) is 5.14. The molecule has 2 heterocycles. The number of nitro groups is 1. The van der Waals surface area contributed by atoms with E-state index in [2.05, 4.69) is 15.7 Å². The third-order valence-electron chi connectivity index (χ3n) is 5.13. The lowest BCUT2D eigenvalue weighted by atomic mass is 10.2. The van der Waals surface area contributed by atoms with Gasteiger partial charge in [0.05, 0.1) is 17.7 Å². The van der Waals surface area contributed by atoms with Crippen molar-refractivity contribution in [3.63, 3.8) is 0 Å². The molecule has 0 radical (unpaired) electrons. The van der Waals surface area contributed by atoms with Gasteiger partial charge in [-0.3, -0.25) is 19.7 Å². The molecular formula is C22H21N5O5S. The molecule has 1 aliphatic heterocycles. The summed E-state index contributed by atoms with van der Waals surface area (Å²) in [5.41, 5.74) is 2.83. The van der Waals surface area contributed by atoms with Crippen LogP contribution in [0.15, 0.2) is 48.5 Å². The van der Waals surface area contributed by atoms with E-state index in [0.29, 0.717) is 23.9 Å². The molecule has 2 aromatic carbocycles. The SMILES string of the molecule is COc1ccc(CNC(=O)Cn2nc3c(c2NC(=O)c2ccc([N+](=O)[O-])cc2)CSC3)cc1. The van der Waals surface area contributed by atoms with E-state index in [4.69, 9.17) is 4.74 Å². The van der Waals surface area contributed by atoms with E-state index in [1.54, 1.807) is 18.9 Å². The quantitative estimate of drug-likeness (QED) is 0.385. The van der Waals surface area contributed by atoms with Crippen molar-refractivity contribution in [2.75, 3.05) is 12.4 Å². The number of anilines is 1. The molecule has 0 saturated heterocycles. The Balaban J connectivity index is 1.45. The van der Waals surface area contributed by atoms with Gasteiger partial charge >= 0.3 is 0 Å². The lowest BCUT2D eigenvalue weighted by molar-refractivity contribution is -0.384. The van der Waals surface area contributed by atoms with Gasteiger partial charge in [-0.25, -0.2) is 4.68 Å². The summed E-state index contributed by atoms with van der Waals surface area (Å²) < 4.78 is 6.63. The van der Waals surface area contributed by atoms with E-state index in [-0.39, 0.29) is 23.7 Å². The Morgan fingerprint density at radius 1 is 1.15 bits per heavy atom. The third-order valence-corrected chi connectivity index (χ3v) is 6.10. The highest BCUT2D eigenvalue weighted by Crippen LogP contribution is 2.35. The summed E-state index contributed by atoms with van der Waals surface area (Å²) in [6, 6.07) is 12.7. The summed E-state index contributed by atoms with van der Waals surface area (Å²) in [5, 5.41) is 21.0. The molecule has 0 unspecified atom stereocenters. The van der Waals surface area contributed by atoms with Crippen LogP contribution < -0.4 is 15.4 Å². The van der Waals surface area contributed by atoms with Crippen LogP contribution in [0.5, 0.6) is 5.75 Å². The fourth-order valence-corrected chi connectivity index (χ4v) is 4.41. The molecule has 170 valence electrons. The molecule has 0 fully saturated rings. The number of aromatic nitrogens is 2. The first kappa shape index (κ1) is 22.3. The number of carbonyl (C=O) groups is 2. The fraction of sp³-hybridized carbons (Fsp3) is 0.227. The van der Waals surface area contributed by atoms with Crippen LogP contribution in [0.4, 0.5) is 11.5 Å². The number of nitro benzene ring substituents is 1. The predicted molar refractivity (Wildman–Crippen MR) is 123 cm³/mol. The molecular weight excluding hydrogens is 446 g/mol. The molecule has 3 aromatic rings. The van der Waals surface area contributed by atoms with Gasteiger partial charge in [-0.05, 0) is 29.8 Å². The minimum atomic E-state index is -0.522. The molecule has 10 nitrogen and oxygen atoms in total. The Morgan fingerprint density at radius 2 is 1.88 bits per heavy atom. The number of thioether (sulfide) groups is 1. The van der Waals surface area contributed by atoms with Crippen molar-refractivity contribution in [1.29, 1.82) is 0 Å². The topological polar surface area (TPSA) is 128 Å². The first-order chi connectivity index (χ1) is 15.9. The summed E-state index contributed by atoms with van der Waals surface area (Å²) in [6.45, 7) is 0.299. The molecule has 0 aliphatic carbocycles. The van der Waals surface area contributed by atoms with Crippen LogP contribution in [0.3, 0.4) is 0 Å². The highest BCUT2D eigenvalue weighted by Gasteiger charge is 2.25. The second-order valence-corrected chi connectivity index (χ2v) is 8.29. The van der Waals surface area contributed by atoms with Crippen LogP contribution in [-0.2, 0) is 29.4 Å². The normalized spacial score (nSPS) is 12.2. The predicted octanol–water partition coefficient (Wildman–Crippen LogP) is 3.12. The van der Waals surface area contributed by atoms with E-state index >= 15 is 0 Å². The van der Waals surface area contributed by atoms with Gasteiger partial charge in [-0.15, -0.1) is 0 Å². The molecule has 4 rings (SSSR count). The molecule has 0 saturated carbocycles. The number of hydrogen-bond acceptors (Lipinski definition) is 7. The van der Waals surface area contributed by atoms with Gasteiger partial charge in [-0.1, -0.05) is 12.1 Å². The van der Waals surface area contributed by atoms with Gasteiger partial charge in [0.25, 0.3) is 11.6 Å². The number of benzene rings is 2. The number of fused-ring (bicyclic) bond motifs is 1. The number of rotatable bonds is 8. The van der Waals surface area contributed by atoms with Crippen molar-refractivity contribution in [3.8, 4) is 5.75 Å². The number of amides is 2. The number of methoxy groups -OCH3 is 1. The Bertz CT molecular complexity index is 1190. The summed E-state index contributed by atoms with van der Waals surface area (Å²) in [6.07, 6.45) is 0. The minimum absolute atomic E-state index is 0.0519. The van der Waals surface area contributed by atoms with Gasteiger partial charge in [-0.2, -0.15) is 16.9 Å². The molecule has 0 atom stereocenters. The van der Waals surface area contributed by atoms with Crippen LogP contribution >= 0.6 is 11.8 Å². The zero-order chi connectivity index (χ0) is 23.4. The van der Waals surface area contributed by atoms with Crippen molar-refractivity contribution < 1.29 is 19.2 Å². The van der Waals surface area contributed by atoms with E-state index in [1.807, 2.05) is 24.3 Å². The van der Waals surface area contributed by atoms with E-state index in [1.165, 1.54) is 28.9 Å². The number of ether oxygens (including phenoxy) is 1. The highest BCUT2D eigenvalue weighted by atomic mass is 32.2. The monoisotopic (exact) mass is 467 g/mol. The summed E-state index contributed by atoms with van der Waals surface area (Å²) in [7, 11) is 1.59. The Labute approximate surface area is 193 Å². The molecule has 33 heavy (non-hydrogen) atoms. The lowest BCUT2D eigenvalue weighted by Crippen LogP contribution is -2.28. The maximum absolute atomic E-state index is 12.8. The van der Waals surface area contributed by atoms with Crippen molar-refractivity contribution >= 4 is 35.1 Å². The summed E-state index contributed by atoms with van der Waals surface area (Å²) in [5.74, 6) is 1.92. The molecule has 0 spiro atoms. The first-order valence-corrected chi connectivity index (χ1v) is 11.2. The molecule has 2 N–H and O–H groups in total. The lowest BCUT2D eigenvalue weighted by Gasteiger charge is -2.12. The standard InChI is InChI=1S/C22H21N5O5S/c1-32-17-8-2-14(3-9-17)10-23-20(28)11-26-21(18-12-33-13-19(18)25-26)24-22(29)15-4-6-16(7-5-15)27(30)31/h2-9H,10-13H2,1H3,(H,23,28)(H,24,29). The summed E-state index contributed by atoms with van der Waals surface area (Å²) in [4.78, 5) is 35.6.